The van der Waals surface area contributed by atoms with Gasteiger partial charge in [-0.15, -0.1) is 0 Å². The number of methoxy groups -OCH3 is 1. The number of aromatic amines is 1. The van der Waals surface area contributed by atoms with E-state index in [0.717, 1.165) is 18.3 Å². The minimum absolute atomic E-state index is 0.00694. The van der Waals surface area contributed by atoms with E-state index in [1.807, 2.05) is 0 Å². The molecule has 0 radical (unpaired) electrons. The molecule has 2 aromatic heterocycles. The number of pyridine rings is 1. The van der Waals surface area contributed by atoms with Crippen molar-refractivity contribution in [2.75, 3.05) is 11.8 Å². The molecule has 26 heavy (non-hydrogen) atoms. The Hall–Kier alpha value is -2.65. The van der Waals surface area contributed by atoms with E-state index in [9.17, 15) is 17.2 Å². The number of H-pyrrole nitrogens is 1. The zero-order valence-electron chi connectivity index (χ0n) is 13.3. The maximum atomic E-state index is 14.1. The summed E-state index contributed by atoms with van der Waals surface area (Å²) >= 11 is 5.64. The van der Waals surface area contributed by atoms with Gasteiger partial charge < -0.3 is 9.72 Å². The molecule has 1 aromatic carbocycles. The van der Waals surface area contributed by atoms with Gasteiger partial charge in [-0.2, -0.15) is 0 Å². The summed E-state index contributed by atoms with van der Waals surface area (Å²) in [5, 5.41) is 0.133. The van der Waals surface area contributed by atoms with Crippen LogP contribution in [-0.2, 0) is 10.0 Å². The van der Waals surface area contributed by atoms with Crippen LogP contribution >= 0.6 is 11.6 Å². The topological polar surface area (TPSA) is 84.1 Å². The fourth-order valence-corrected chi connectivity index (χ4v) is 3.49. The standard InChI is InChI=1S/C16H12ClF2N3O3S/c1-25-16-15(11(18)4-5-20-16)14-7-10(8-21-14)26(23,24)22-13-3-2-9(17)6-12(13)19/h2-8,21-22H,1H3. The molecule has 0 aliphatic carbocycles. The quantitative estimate of drug-likeness (QED) is 0.683. The SMILES string of the molecule is COc1nccc(F)c1-c1cc(S(=O)(=O)Nc2ccc(Cl)cc2F)c[nH]1. The molecule has 10 heteroatoms. The molecule has 0 amide bonds. The number of ether oxygens (including phenoxy) is 1. The minimum Gasteiger partial charge on any atom is -0.480 e. The Labute approximate surface area is 152 Å². The lowest BCUT2D eigenvalue weighted by Crippen LogP contribution is -2.13. The Balaban J connectivity index is 1.97. The van der Waals surface area contributed by atoms with Gasteiger partial charge in [-0.3, -0.25) is 4.72 Å². The number of hydrogen-bond donors (Lipinski definition) is 2. The number of aromatic nitrogens is 2. The Morgan fingerprint density at radius 2 is 1.96 bits per heavy atom. The molecule has 0 saturated carbocycles. The van der Waals surface area contributed by atoms with Crippen molar-refractivity contribution in [3.8, 4) is 17.1 Å². The van der Waals surface area contributed by atoms with Gasteiger partial charge in [-0.1, -0.05) is 11.6 Å². The van der Waals surface area contributed by atoms with Crippen LogP contribution in [0, 0.1) is 11.6 Å². The fourth-order valence-electron chi connectivity index (χ4n) is 2.27. The molecule has 0 atom stereocenters. The van der Waals surface area contributed by atoms with Crippen molar-refractivity contribution < 1.29 is 21.9 Å². The number of benzene rings is 1. The number of nitrogens with one attached hydrogen (secondary N) is 2. The summed E-state index contributed by atoms with van der Waals surface area (Å²) in [6.45, 7) is 0. The third-order valence-electron chi connectivity index (χ3n) is 3.47. The number of anilines is 1. The van der Waals surface area contributed by atoms with E-state index < -0.39 is 21.7 Å². The molecule has 3 rings (SSSR count). The molecule has 6 nitrogen and oxygen atoms in total. The highest BCUT2D eigenvalue weighted by molar-refractivity contribution is 7.92. The summed E-state index contributed by atoms with van der Waals surface area (Å²) in [4.78, 5) is 6.33. The van der Waals surface area contributed by atoms with Crippen molar-refractivity contribution in [2.45, 2.75) is 4.90 Å². The van der Waals surface area contributed by atoms with Crippen LogP contribution in [0.3, 0.4) is 0 Å². The van der Waals surface area contributed by atoms with E-state index in [1.165, 1.54) is 31.5 Å². The van der Waals surface area contributed by atoms with Crippen LogP contribution in [0.5, 0.6) is 5.88 Å². The molecule has 0 saturated heterocycles. The summed E-state index contributed by atoms with van der Waals surface area (Å²) in [6, 6.07) is 5.85. The second-order valence-electron chi connectivity index (χ2n) is 5.16. The van der Waals surface area contributed by atoms with Crippen LogP contribution in [0.1, 0.15) is 0 Å². The van der Waals surface area contributed by atoms with E-state index in [-0.39, 0.29) is 32.7 Å². The molecule has 0 spiro atoms. The molecular formula is C16H12ClF2N3O3S. The van der Waals surface area contributed by atoms with Crippen LogP contribution < -0.4 is 9.46 Å². The largest absolute Gasteiger partial charge is 0.480 e. The first-order chi connectivity index (χ1) is 12.3. The van der Waals surface area contributed by atoms with Crippen LogP contribution in [0.15, 0.2) is 47.6 Å². The number of rotatable bonds is 5. The normalized spacial score (nSPS) is 11.4. The van der Waals surface area contributed by atoms with Gasteiger partial charge in [0, 0.05) is 17.4 Å². The zero-order chi connectivity index (χ0) is 18.9. The van der Waals surface area contributed by atoms with Crippen LogP contribution in [-0.4, -0.2) is 25.5 Å². The highest BCUT2D eigenvalue weighted by atomic mass is 35.5. The van der Waals surface area contributed by atoms with Gasteiger partial charge >= 0.3 is 0 Å². The first-order valence-electron chi connectivity index (χ1n) is 7.17. The van der Waals surface area contributed by atoms with E-state index in [4.69, 9.17) is 16.3 Å². The fraction of sp³-hybridized carbons (Fsp3) is 0.0625. The highest BCUT2D eigenvalue weighted by Gasteiger charge is 2.21. The Morgan fingerprint density at radius 1 is 1.19 bits per heavy atom. The Morgan fingerprint density at radius 3 is 2.65 bits per heavy atom. The smallest absolute Gasteiger partial charge is 0.263 e. The molecule has 136 valence electrons. The van der Waals surface area contributed by atoms with Crippen molar-refractivity contribution in [2.24, 2.45) is 0 Å². The molecule has 0 fully saturated rings. The van der Waals surface area contributed by atoms with Gasteiger partial charge in [0.25, 0.3) is 10.0 Å². The molecule has 3 aromatic rings. The first kappa shape index (κ1) is 18.2. The Bertz CT molecular complexity index is 1070. The summed E-state index contributed by atoms with van der Waals surface area (Å²) in [5.41, 5.74) is -0.138. The van der Waals surface area contributed by atoms with Crippen molar-refractivity contribution >= 4 is 27.3 Å². The van der Waals surface area contributed by atoms with Gasteiger partial charge in [-0.25, -0.2) is 22.2 Å². The summed E-state index contributed by atoms with van der Waals surface area (Å²) in [5.74, 6) is -1.47. The van der Waals surface area contributed by atoms with E-state index in [1.54, 1.807) is 0 Å². The third-order valence-corrected chi connectivity index (χ3v) is 5.05. The lowest BCUT2D eigenvalue weighted by Gasteiger charge is -2.08. The van der Waals surface area contributed by atoms with Crippen molar-refractivity contribution in [3.63, 3.8) is 0 Å². The number of hydrogen-bond acceptors (Lipinski definition) is 4. The average molecular weight is 400 g/mol. The van der Waals surface area contributed by atoms with Gasteiger partial charge in [0.1, 0.15) is 16.5 Å². The second kappa shape index (κ2) is 6.93. The molecule has 0 bridgehead atoms. The van der Waals surface area contributed by atoms with Crippen molar-refractivity contribution in [3.05, 3.63) is 59.4 Å². The van der Waals surface area contributed by atoms with E-state index in [0.29, 0.717) is 0 Å². The maximum Gasteiger partial charge on any atom is 0.263 e. The molecule has 0 unspecified atom stereocenters. The first-order valence-corrected chi connectivity index (χ1v) is 9.03. The maximum absolute atomic E-state index is 14.1. The molecule has 0 aliphatic rings. The van der Waals surface area contributed by atoms with E-state index >= 15 is 0 Å². The molecule has 2 N–H and O–H groups in total. The van der Waals surface area contributed by atoms with Crippen LogP contribution in [0.4, 0.5) is 14.5 Å². The van der Waals surface area contributed by atoms with Crippen molar-refractivity contribution in [1.82, 2.24) is 9.97 Å². The van der Waals surface area contributed by atoms with Gasteiger partial charge in [0.05, 0.1) is 24.1 Å². The third kappa shape index (κ3) is 3.49. The molecule has 2 heterocycles. The lowest BCUT2D eigenvalue weighted by atomic mass is 10.2. The van der Waals surface area contributed by atoms with Gasteiger partial charge in [-0.05, 0) is 30.3 Å². The van der Waals surface area contributed by atoms with E-state index in [2.05, 4.69) is 14.7 Å². The van der Waals surface area contributed by atoms with Crippen LogP contribution in [0.2, 0.25) is 5.02 Å². The Kier molecular flexibility index (Phi) is 4.84. The average Bonchev–Trinajstić information content (AvgIpc) is 3.07. The molecular weight excluding hydrogens is 388 g/mol. The number of sulfonamides is 1. The van der Waals surface area contributed by atoms with Gasteiger partial charge in [0.15, 0.2) is 0 Å². The number of halogens is 3. The van der Waals surface area contributed by atoms with Crippen molar-refractivity contribution in [1.29, 1.82) is 0 Å². The lowest BCUT2D eigenvalue weighted by molar-refractivity contribution is 0.396. The zero-order valence-corrected chi connectivity index (χ0v) is 14.8. The van der Waals surface area contributed by atoms with Gasteiger partial charge in [0.2, 0.25) is 5.88 Å². The second-order valence-corrected chi connectivity index (χ2v) is 7.27. The number of nitrogens with zero attached hydrogens (tertiary/aromatic N) is 1. The monoisotopic (exact) mass is 399 g/mol. The summed E-state index contributed by atoms with van der Waals surface area (Å²) in [7, 11) is -2.80. The summed E-state index contributed by atoms with van der Waals surface area (Å²) < 4.78 is 59.9. The minimum atomic E-state index is -4.12. The predicted octanol–water partition coefficient (Wildman–Crippen LogP) is 3.82. The summed E-state index contributed by atoms with van der Waals surface area (Å²) in [6.07, 6.45) is 2.38. The highest BCUT2D eigenvalue weighted by Crippen LogP contribution is 2.31. The van der Waals surface area contributed by atoms with Crippen LogP contribution in [0.25, 0.3) is 11.3 Å². The predicted molar refractivity (Wildman–Crippen MR) is 92.8 cm³/mol. The molecule has 0 aliphatic heterocycles.